The molecule has 2 aliphatic rings. The summed E-state index contributed by atoms with van der Waals surface area (Å²) in [7, 11) is 0. The van der Waals surface area contributed by atoms with Crippen LogP contribution in [0.2, 0.25) is 0 Å². The molecule has 0 radical (unpaired) electrons. The van der Waals surface area contributed by atoms with Crippen LogP contribution in [-0.2, 0) is 0 Å². The van der Waals surface area contributed by atoms with Gasteiger partial charge in [0.15, 0.2) is 0 Å². The van der Waals surface area contributed by atoms with Gasteiger partial charge in [-0.15, -0.1) is 0 Å². The summed E-state index contributed by atoms with van der Waals surface area (Å²) in [4.78, 5) is 0. The highest BCUT2D eigenvalue weighted by atomic mass is 16.3. The molecule has 0 aromatic carbocycles. The second-order valence-electron chi connectivity index (χ2n) is 8.97. The van der Waals surface area contributed by atoms with Gasteiger partial charge in [0.05, 0.1) is 6.10 Å². The molecule has 0 heterocycles. The molecule has 0 aliphatic heterocycles. The Morgan fingerprint density at radius 2 is 1.67 bits per heavy atom. The van der Waals surface area contributed by atoms with E-state index in [2.05, 4.69) is 25.2 Å². The highest BCUT2D eigenvalue weighted by Gasteiger charge is 2.42. The molecule has 4 atom stereocenters. The van der Waals surface area contributed by atoms with Crippen LogP contribution in [0.1, 0.15) is 103 Å². The van der Waals surface area contributed by atoms with Crippen LogP contribution >= 0.6 is 0 Å². The fourth-order valence-electron chi connectivity index (χ4n) is 5.07. The van der Waals surface area contributed by atoms with Crippen molar-refractivity contribution < 1.29 is 10.2 Å². The molecule has 2 rings (SSSR count). The van der Waals surface area contributed by atoms with Gasteiger partial charge in [0.25, 0.3) is 0 Å². The summed E-state index contributed by atoms with van der Waals surface area (Å²) in [6, 6.07) is 0. The number of unbranched alkanes of at least 4 members (excludes halogenated alkanes) is 10. The smallest absolute Gasteiger partial charge is 0.0611 e. The first-order chi connectivity index (χ1) is 13.3. The van der Waals surface area contributed by atoms with E-state index in [1.165, 1.54) is 77.0 Å². The highest BCUT2D eigenvalue weighted by Crippen LogP contribution is 2.48. The Morgan fingerprint density at radius 1 is 0.963 bits per heavy atom. The topological polar surface area (TPSA) is 40.5 Å². The quantitative estimate of drug-likeness (QED) is 0.251. The van der Waals surface area contributed by atoms with Gasteiger partial charge in [-0.05, 0) is 56.8 Å². The van der Waals surface area contributed by atoms with E-state index in [9.17, 15) is 5.11 Å². The summed E-state index contributed by atoms with van der Waals surface area (Å²) >= 11 is 0. The molecule has 0 amide bonds. The lowest BCUT2D eigenvalue weighted by atomic mass is 9.91. The number of aliphatic hydroxyl groups excluding tert-OH is 2. The number of aliphatic hydroxyl groups is 2. The highest BCUT2D eigenvalue weighted by molar-refractivity contribution is 5.21. The molecule has 2 N–H and O–H groups in total. The summed E-state index contributed by atoms with van der Waals surface area (Å²) in [6.45, 7) is 2.60. The van der Waals surface area contributed by atoms with Crippen LogP contribution in [-0.4, -0.2) is 22.9 Å². The van der Waals surface area contributed by atoms with Crippen LogP contribution in [0.4, 0.5) is 0 Å². The van der Waals surface area contributed by atoms with E-state index in [4.69, 9.17) is 5.11 Å². The van der Waals surface area contributed by atoms with E-state index in [1.54, 1.807) is 5.57 Å². The van der Waals surface area contributed by atoms with Crippen molar-refractivity contribution in [2.45, 2.75) is 109 Å². The summed E-state index contributed by atoms with van der Waals surface area (Å²) in [6.07, 6.45) is 25.8. The first-order valence-electron chi connectivity index (χ1n) is 11.9. The van der Waals surface area contributed by atoms with Crippen molar-refractivity contribution in [3.05, 3.63) is 23.8 Å². The zero-order chi connectivity index (χ0) is 19.3. The van der Waals surface area contributed by atoms with Crippen LogP contribution in [0.5, 0.6) is 0 Å². The largest absolute Gasteiger partial charge is 0.396 e. The summed E-state index contributed by atoms with van der Waals surface area (Å²) < 4.78 is 0. The molecule has 1 saturated carbocycles. The minimum atomic E-state index is -0.137. The molecule has 27 heavy (non-hydrogen) atoms. The van der Waals surface area contributed by atoms with Gasteiger partial charge in [0.1, 0.15) is 0 Å². The zero-order valence-corrected chi connectivity index (χ0v) is 17.7. The van der Waals surface area contributed by atoms with Crippen molar-refractivity contribution in [2.75, 3.05) is 6.61 Å². The molecule has 0 bridgehead atoms. The van der Waals surface area contributed by atoms with E-state index < -0.39 is 0 Å². The van der Waals surface area contributed by atoms with Crippen molar-refractivity contribution in [2.24, 2.45) is 17.8 Å². The van der Waals surface area contributed by atoms with Crippen LogP contribution in [0, 0.1) is 17.8 Å². The van der Waals surface area contributed by atoms with E-state index in [0.717, 1.165) is 19.3 Å². The lowest BCUT2D eigenvalue weighted by molar-refractivity contribution is 0.145. The van der Waals surface area contributed by atoms with E-state index in [1.807, 2.05) is 0 Å². The first-order valence-corrected chi connectivity index (χ1v) is 11.9. The molecule has 2 nitrogen and oxygen atoms in total. The Hall–Kier alpha value is -0.600. The number of hydrogen-bond acceptors (Lipinski definition) is 2. The standard InChI is InChI=1S/C25H44O2/c1-2-3-4-5-6-7-8-9-10-13-16-23-24-19-21(15-12-11-14-17-26)18-22(24)20-25(23)27/h13,16,19,22-27H,2-12,14-15,17-18,20H2,1H3/b16-13+/t22?,23-,24?,25-/m1/s1. The Labute approximate surface area is 168 Å². The predicted molar refractivity (Wildman–Crippen MR) is 116 cm³/mol. The minimum Gasteiger partial charge on any atom is -0.396 e. The van der Waals surface area contributed by atoms with Gasteiger partial charge in [-0.25, -0.2) is 0 Å². The average molecular weight is 377 g/mol. The van der Waals surface area contributed by atoms with Gasteiger partial charge in [-0.1, -0.05) is 82.1 Å². The molecule has 2 heteroatoms. The Kier molecular flexibility index (Phi) is 11.4. The molecule has 0 spiro atoms. The number of allylic oxidation sites excluding steroid dienone is 3. The van der Waals surface area contributed by atoms with Crippen molar-refractivity contribution in [1.82, 2.24) is 0 Å². The SMILES string of the molecule is CCCCCCCCCC/C=C/[C@@H]1C2C=C(CCCCCO)CC2C[C@H]1O. The Bertz CT molecular complexity index is 440. The Balaban J connectivity index is 1.62. The van der Waals surface area contributed by atoms with Crippen molar-refractivity contribution in [3.8, 4) is 0 Å². The van der Waals surface area contributed by atoms with Gasteiger partial charge in [0.2, 0.25) is 0 Å². The third kappa shape index (κ3) is 8.11. The van der Waals surface area contributed by atoms with Crippen LogP contribution in [0.25, 0.3) is 0 Å². The molecular weight excluding hydrogens is 332 g/mol. The zero-order valence-electron chi connectivity index (χ0n) is 17.7. The van der Waals surface area contributed by atoms with Crippen molar-refractivity contribution >= 4 is 0 Å². The Morgan fingerprint density at radius 3 is 2.41 bits per heavy atom. The van der Waals surface area contributed by atoms with Gasteiger partial charge in [-0.3, -0.25) is 0 Å². The second-order valence-corrected chi connectivity index (χ2v) is 8.97. The lowest BCUT2D eigenvalue weighted by Crippen LogP contribution is -2.15. The molecule has 0 saturated heterocycles. The number of fused-ring (bicyclic) bond motifs is 1. The molecule has 2 aliphatic carbocycles. The maximum Gasteiger partial charge on any atom is 0.0611 e. The molecule has 156 valence electrons. The van der Waals surface area contributed by atoms with Crippen LogP contribution < -0.4 is 0 Å². The minimum absolute atomic E-state index is 0.137. The van der Waals surface area contributed by atoms with Crippen molar-refractivity contribution in [3.63, 3.8) is 0 Å². The summed E-state index contributed by atoms with van der Waals surface area (Å²) in [5.74, 6) is 1.59. The third-order valence-electron chi connectivity index (χ3n) is 6.67. The van der Waals surface area contributed by atoms with Gasteiger partial charge in [0, 0.05) is 12.5 Å². The van der Waals surface area contributed by atoms with Gasteiger partial charge < -0.3 is 10.2 Å². The predicted octanol–water partition coefficient (Wildman–Crippen LogP) is 6.57. The summed E-state index contributed by atoms with van der Waals surface area (Å²) in [5.41, 5.74) is 1.61. The molecule has 2 unspecified atom stereocenters. The molecule has 1 fully saturated rings. The monoisotopic (exact) mass is 376 g/mol. The van der Waals surface area contributed by atoms with Gasteiger partial charge in [-0.2, -0.15) is 0 Å². The average Bonchev–Trinajstić information content (AvgIpc) is 3.17. The molecular formula is C25H44O2. The van der Waals surface area contributed by atoms with Gasteiger partial charge >= 0.3 is 0 Å². The molecule has 0 aromatic rings. The second kappa shape index (κ2) is 13.6. The van der Waals surface area contributed by atoms with Crippen molar-refractivity contribution in [1.29, 1.82) is 0 Å². The maximum atomic E-state index is 10.5. The van der Waals surface area contributed by atoms with E-state index in [0.29, 0.717) is 24.4 Å². The fraction of sp³-hybridized carbons (Fsp3) is 0.840. The molecule has 0 aromatic heterocycles. The number of hydrogen-bond donors (Lipinski definition) is 2. The number of rotatable bonds is 15. The third-order valence-corrected chi connectivity index (χ3v) is 6.67. The van der Waals surface area contributed by atoms with Crippen LogP contribution in [0.15, 0.2) is 23.8 Å². The first kappa shape index (κ1) is 22.7. The van der Waals surface area contributed by atoms with E-state index in [-0.39, 0.29) is 6.10 Å². The maximum absolute atomic E-state index is 10.5. The lowest BCUT2D eigenvalue weighted by Gasteiger charge is -2.15. The fourth-order valence-corrected chi connectivity index (χ4v) is 5.07. The normalized spacial score (nSPS) is 27.4. The van der Waals surface area contributed by atoms with E-state index >= 15 is 0 Å². The summed E-state index contributed by atoms with van der Waals surface area (Å²) in [5, 5.41) is 19.4. The van der Waals surface area contributed by atoms with Crippen LogP contribution in [0.3, 0.4) is 0 Å².